The van der Waals surface area contributed by atoms with Crippen LogP contribution in [0, 0.1) is 12.7 Å². The molecule has 0 saturated carbocycles. The zero-order valence-corrected chi connectivity index (χ0v) is 19.4. The Morgan fingerprint density at radius 3 is 2.15 bits per heavy atom. The van der Waals surface area contributed by atoms with Crippen LogP contribution in [0.4, 0.5) is 9.18 Å². The summed E-state index contributed by atoms with van der Waals surface area (Å²) in [5, 5.41) is 0. The van der Waals surface area contributed by atoms with E-state index in [0.29, 0.717) is 5.56 Å². The molecule has 4 rings (SSSR count). The van der Waals surface area contributed by atoms with Crippen molar-refractivity contribution >= 4 is 22.0 Å². The number of halogens is 1. The fraction of sp³-hybridized carbons (Fsp3) is 0.250. The van der Waals surface area contributed by atoms with Crippen LogP contribution in [0.2, 0.25) is 0 Å². The third-order valence-corrected chi connectivity index (χ3v) is 7.36. The fourth-order valence-corrected chi connectivity index (χ4v) is 5.04. The number of furan rings is 1. The van der Waals surface area contributed by atoms with Crippen LogP contribution in [0.1, 0.15) is 21.7 Å². The van der Waals surface area contributed by atoms with E-state index in [1.807, 2.05) is 6.92 Å². The molecule has 0 aliphatic carbocycles. The number of hydrogen-bond donors (Lipinski definition) is 0. The van der Waals surface area contributed by atoms with Crippen LogP contribution in [-0.4, -0.2) is 60.6 Å². The van der Waals surface area contributed by atoms with Gasteiger partial charge in [-0.2, -0.15) is 0 Å². The second-order valence-corrected chi connectivity index (χ2v) is 9.85. The Kier molecular flexibility index (Phi) is 6.69. The minimum Gasteiger partial charge on any atom is -0.459 e. The van der Waals surface area contributed by atoms with Gasteiger partial charge in [-0.25, -0.2) is 21.9 Å². The molecule has 1 aromatic heterocycles. The number of hydrogen-bond acceptors (Lipinski definition) is 5. The second-order valence-electron chi connectivity index (χ2n) is 7.99. The topological polar surface area (TPSA) is 91.1 Å². The highest BCUT2D eigenvalue weighted by Crippen LogP contribution is 2.22. The quantitative estimate of drug-likeness (QED) is 0.552. The third-order valence-electron chi connectivity index (χ3n) is 5.63. The SMILES string of the molecule is Cc1ccc(S(=O)(=O)N(Cc2ccc(F)cc2)C(=O)N2CCN(C(=O)c3ccco3)CC2)cc1. The van der Waals surface area contributed by atoms with Crippen molar-refractivity contribution in [3.05, 3.63) is 89.6 Å². The molecule has 1 aliphatic heterocycles. The molecule has 1 saturated heterocycles. The lowest BCUT2D eigenvalue weighted by Gasteiger charge is -2.37. The van der Waals surface area contributed by atoms with Gasteiger partial charge in [0.25, 0.3) is 15.9 Å². The Balaban J connectivity index is 1.56. The number of rotatable bonds is 5. The Hall–Kier alpha value is -3.66. The van der Waals surface area contributed by atoms with E-state index >= 15 is 0 Å². The summed E-state index contributed by atoms with van der Waals surface area (Å²) in [6.45, 7) is 2.38. The number of carbonyl (C=O) groups excluding carboxylic acids is 2. The van der Waals surface area contributed by atoms with Gasteiger partial charge in [0, 0.05) is 26.2 Å². The van der Waals surface area contributed by atoms with Crippen LogP contribution >= 0.6 is 0 Å². The first-order chi connectivity index (χ1) is 16.3. The van der Waals surface area contributed by atoms with E-state index in [9.17, 15) is 22.4 Å². The van der Waals surface area contributed by atoms with Crippen molar-refractivity contribution in [2.75, 3.05) is 26.2 Å². The van der Waals surface area contributed by atoms with E-state index in [1.165, 1.54) is 47.6 Å². The molecule has 2 heterocycles. The smallest absolute Gasteiger partial charge is 0.334 e. The molecule has 178 valence electrons. The number of piperazine rings is 1. The van der Waals surface area contributed by atoms with Crippen LogP contribution < -0.4 is 0 Å². The second kappa shape index (κ2) is 9.68. The number of urea groups is 1. The lowest BCUT2D eigenvalue weighted by atomic mass is 10.2. The first kappa shape index (κ1) is 23.5. The molecule has 34 heavy (non-hydrogen) atoms. The highest BCUT2D eigenvalue weighted by atomic mass is 32.2. The van der Waals surface area contributed by atoms with Gasteiger partial charge >= 0.3 is 6.03 Å². The maximum absolute atomic E-state index is 13.5. The Morgan fingerprint density at radius 1 is 0.941 bits per heavy atom. The van der Waals surface area contributed by atoms with Gasteiger partial charge in [-0.3, -0.25) is 4.79 Å². The molecule has 0 bridgehead atoms. The molecule has 2 aromatic carbocycles. The van der Waals surface area contributed by atoms with Crippen molar-refractivity contribution in [2.45, 2.75) is 18.4 Å². The number of nitrogens with zero attached hydrogens (tertiary/aromatic N) is 3. The predicted octanol–water partition coefficient (Wildman–Crippen LogP) is 3.50. The summed E-state index contributed by atoms with van der Waals surface area (Å²) in [4.78, 5) is 28.9. The minimum atomic E-state index is -4.19. The van der Waals surface area contributed by atoms with Gasteiger partial charge in [0.1, 0.15) is 5.82 Å². The molecule has 8 nitrogen and oxygen atoms in total. The van der Waals surface area contributed by atoms with Gasteiger partial charge in [0.05, 0.1) is 17.7 Å². The largest absolute Gasteiger partial charge is 0.459 e. The van der Waals surface area contributed by atoms with Crippen LogP contribution in [-0.2, 0) is 16.6 Å². The van der Waals surface area contributed by atoms with Gasteiger partial charge in [-0.15, -0.1) is 0 Å². The summed E-state index contributed by atoms with van der Waals surface area (Å²) < 4.78 is 46.2. The van der Waals surface area contributed by atoms with Crippen molar-refractivity contribution in [2.24, 2.45) is 0 Å². The van der Waals surface area contributed by atoms with Crippen LogP contribution in [0.5, 0.6) is 0 Å². The molecule has 1 aliphatic rings. The molecule has 1 fully saturated rings. The fourth-order valence-electron chi connectivity index (χ4n) is 3.66. The normalized spacial score (nSPS) is 14.2. The highest BCUT2D eigenvalue weighted by Gasteiger charge is 2.35. The number of carbonyl (C=O) groups is 2. The van der Waals surface area contributed by atoms with Crippen molar-refractivity contribution in [1.29, 1.82) is 0 Å². The monoisotopic (exact) mass is 485 g/mol. The van der Waals surface area contributed by atoms with Crippen molar-refractivity contribution in [3.63, 3.8) is 0 Å². The zero-order chi connectivity index (χ0) is 24.3. The number of benzene rings is 2. The summed E-state index contributed by atoms with van der Waals surface area (Å²) in [5.74, 6) is -0.535. The Bertz CT molecular complexity index is 1250. The molecule has 0 spiro atoms. The Labute approximate surface area is 197 Å². The molecule has 0 atom stereocenters. The zero-order valence-electron chi connectivity index (χ0n) is 18.6. The minimum absolute atomic E-state index is 0.0137. The van der Waals surface area contributed by atoms with Crippen LogP contribution in [0.3, 0.4) is 0 Å². The lowest BCUT2D eigenvalue weighted by Crippen LogP contribution is -2.54. The molecular weight excluding hydrogens is 461 g/mol. The Morgan fingerprint density at radius 2 is 1.56 bits per heavy atom. The standard InChI is InChI=1S/C24H24FN3O5S/c1-18-4-10-21(11-5-18)34(31,32)28(17-19-6-8-20(25)9-7-19)24(30)27-14-12-26(13-15-27)23(29)22-3-2-16-33-22/h2-11,16H,12-15,17H2,1H3. The summed E-state index contributed by atoms with van der Waals surface area (Å²) in [6.07, 6.45) is 1.41. The predicted molar refractivity (Wildman–Crippen MR) is 122 cm³/mol. The van der Waals surface area contributed by atoms with Crippen LogP contribution in [0.25, 0.3) is 0 Å². The van der Waals surface area contributed by atoms with E-state index in [1.54, 1.807) is 29.2 Å². The molecular formula is C24H24FN3O5S. The van der Waals surface area contributed by atoms with Gasteiger partial charge in [-0.05, 0) is 48.9 Å². The summed E-state index contributed by atoms with van der Waals surface area (Å²) >= 11 is 0. The number of sulfonamides is 1. The first-order valence-corrected chi connectivity index (χ1v) is 12.2. The van der Waals surface area contributed by atoms with Crippen molar-refractivity contribution < 1.29 is 26.8 Å². The third kappa shape index (κ3) is 4.96. The molecule has 0 N–H and O–H groups in total. The van der Waals surface area contributed by atoms with Crippen molar-refractivity contribution in [3.8, 4) is 0 Å². The molecule has 3 aromatic rings. The van der Waals surface area contributed by atoms with E-state index in [4.69, 9.17) is 4.42 Å². The van der Waals surface area contributed by atoms with Gasteiger partial charge < -0.3 is 14.2 Å². The molecule has 10 heteroatoms. The van der Waals surface area contributed by atoms with E-state index < -0.39 is 21.9 Å². The number of amides is 3. The first-order valence-electron chi connectivity index (χ1n) is 10.7. The summed E-state index contributed by atoms with van der Waals surface area (Å²) in [6, 6.07) is 14.0. The summed E-state index contributed by atoms with van der Waals surface area (Å²) in [5.41, 5.74) is 1.35. The average Bonchev–Trinajstić information content (AvgIpc) is 3.38. The molecule has 3 amide bonds. The number of aryl methyl sites for hydroxylation is 1. The average molecular weight is 486 g/mol. The van der Waals surface area contributed by atoms with Gasteiger partial charge in [-0.1, -0.05) is 29.8 Å². The van der Waals surface area contributed by atoms with Gasteiger partial charge in [0.15, 0.2) is 5.76 Å². The maximum atomic E-state index is 13.5. The van der Waals surface area contributed by atoms with Crippen molar-refractivity contribution in [1.82, 2.24) is 14.1 Å². The maximum Gasteiger partial charge on any atom is 0.334 e. The van der Waals surface area contributed by atoms with E-state index in [0.717, 1.165) is 9.87 Å². The van der Waals surface area contributed by atoms with Crippen LogP contribution in [0.15, 0.2) is 76.2 Å². The molecule has 0 unspecified atom stereocenters. The lowest BCUT2D eigenvalue weighted by molar-refractivity contribution is 0.0623. The molecule has 0 radical (unpaired) electrons. The van der Waals surface area contributed by atoms with E-state index in [2.05, 4.69) is 0 Å². The van der Waals surface area contributed by atoms with Gasteiger partial charge in [0.2, 0.25) is 0 Å². The highest BCUT2D eigenvalue weighted by molar-refractivity contribution is 7.89. The summed E-state index contributed by atoms with van der Waals surface area (Å²) in [7, 11) is -4.19. The van der Waals surface area contributed by atoms with E-state index in [-0.39, 0.29) is 49.3 Å².